The summed E-state index contributed by atoms with van der Waals surface area (Å²) >= 11 is 6.57. The van der Waals surface area contributed by atoms with E-state index in [9.17, 15) is 0 Å². The van der Waals surface area contributed by atoms with Crippen molar-refractivity contribution >= 4 is 11.6 Å². The topological polar surface area (TPSA) is 34.6 Å². The molecule has 1 aromatic carbocycles. The highest BCUT2D eigenvalue weighted by Crippen LogP contribution is 2.39. The monoisotopic (exact) mass is 469 g/mol. The predicted octanol–water partition coefficient (Wildman–Crippen LogP) is 8.59. The zero-order valence-corrected chi connectivity index (χ0v) is 21.2. The molecule has 33 heavy (non-hydrogen) atoms. The molecule has 2 atom stereocenters. The van der Waals surface area contributed by atoms with Crippen molar-refractivity contribution in [3.8, 4) is 17.0 Å². The molecule has 180 valence electrons. The second-order valence-corrected chi connectivity index (χ2v) is 10.4. The van der Waals surface area contributed by atoms with Crippen LogP contribution in [0.15, 0.2) is 36.5 Å². The van der Waals surface area contributed by atoms with E-state index < -0.39 is 0 Å². The number of hydrogen-bond donors (Lipinski definition) is 0. The maximum absolute atomic E-state index is 6.57. The molecule has 2 aromatic rings. The van der Waals surface area contributed by atoms with Crippen LogP contribution in [0.1, 0.15) is 96.0 Å². The van der Waals surface area contributed by atoms with Gasteiger partial charge in [0.1, 0.15) is 18.5 Å². The zero-order valence-electron chi connectivity index (χ0n) is 20.4. The minimum atomic E-state index is 0.217. The summed E-state index contributed by atoms with van der Waals surface area (Å²) in [5, 5.41) is 0.632. The van der Waals surface area contributed by atoms with Gasteiger partial charge < -0.3 is 9.47 Å². The standard InChI is InChI=1S/C29H40ClNO2/c1-3-5-7-8-21-10-12-22(13-11-21)23-14-16-24(17-15-23)29-26(30)18-25(19-31-29)32-20-28-27(33-28)9-6-4-2/h14-19,21-22,27-28H,3-13,20H2,1-2H3/t21?,22?,27-,28-/m0/s1. The lowest BCUT2D eigenvalue weighted by Crippen LogP contribution is -2.13. The van der Waals surface area contributed by atoms with Crippen LogP contribution >= 0.6 is 11.6 Å². The molecule has 1 aliphatic carbocycles. The van der Waals surface area contributed by atoms with Crippen LogP contribution in [-0.4, -0.2) is 23.8 Å². The third-order valence-corrected chi connectivity index (χ3v) is 7.77. The number of ether oxygens (including phenoxy) is 2. The van der Waals surface area contributed by atoms with Crippen LogP contribution < -0.4 is 4.74 Å². The highest BCUT2D eigenvalue weighted by atomic mass is 35.5. The lowest BCUT2D eigenvalue weighted by Gasteiger charge is -2.29. The summed E-state index contributed by atoms with van der Waals surface area (Å²) in [6, 6.07) is 10.8. The smallest absolute Gasteiger partial charge is 0.139 e. The minimum absolute atomic E-state index is 0.217. The van der Waals surface area contributed by atoms with E-state index in [1.54, 1.807) is 6.20 Å². The zero-order chi connectivity index (χ0) is 23.0. The average molecular weight is 470 g/mol. The maximum atomic E-state index is 6.57. The van der Waals surface area contributed by atoms with Crippen LogP contribution in [0.2, 0.25) is 5.02 Å². The van der Waals surface area contributed by atoms with Gasteiger partial charge in [0.2, 0.25) is 0 Å². The first-order valence-corrected chi connectivity index (χ1v) is 13.6. The minimum Gasteiger partial charge on any atom is -0.489 e. The van der Waals surface area contributed by atoms with Crippen molar-refractivity contribution < 1.29 is 9.47 Å². The van der Waals surface area contributed by atoms with E-state index in [2.05, 4.69) is 43.1 Å². The SMILES string of the molecule is CCCCCC1CCC(c2ccc(-c3ncc(OC[C@@H]4O[C@H]4CCCC)cc3Cl)cc2)CC1. The fourth-order valence-electron chi connectivity index (χ4n) is 5.26. The number of nitrogens with zero attached hydrogens (tertiary/aromatic N) is 1. The molecule has 2 fully saturated rings. The first-order valence-electron chi connectivity index (χ1n) is 13.2. The molecule has 0 amide bonds. The van der Waals surface area contributed by atoms with Gasteiger partial charge in [-0.3, -0.25) is 4.98 Å². The Bertz CT molecular complexity index is 860. The van der Waals surface area contributed by atoms with Gasteiger partial charge in [-0.25, -0.2) is 0 Å². The predicted molar refractivity (Wildman–Crippen MR) is 137 cm³/mol. The van der Waals surface area contributed by atoms with Crippen LogP contribution in [-0.2, 0) is 4.74 Å². The molecule has 0 N–H and O–H groups in total. The Hall–Kier alpha value is -1.58. The summed E-state index contributed by atoms with van der Waals surface area (Å²) < 4.78 is 11.6. The van der Waals surface area contributed by atoms with Gasteiger partial charge in [0.15, 0.2) is 0 Å². The van der Waals surface area contributed by atoms with Crippen molar-refractivity contribution in [1.29, 1.82) is 0 Å². The first-order chi connectivity index (χ1) is 16.2. The van der Waals surface area contributed by atoms with Crippen molar-refractivity contribution in [3.63, 3.8) is 0 Å². The van der Waals surface area contributed by atoms with Crippen molar-refractivity contribution in [2.24, 2.45) is 5.92 Å². The second kappa shape index (κ2) is 12.2. The van der Waals surface area contributed by atoms with Gasteiger partial charge in [-0.05, 0) is 49.5 Å². The molecule has 3 nitrogen and oxygen atoms in total. The Morgan fingerprint density at radius 2 is 1.70 bits per heavy atom. The summed E-state index contributed by atoms with van der Waals surface area (Å²) in [4.78, 5) is 4.61. The molecule has 1 aromatic heterocycles. The van der Waals surface area contributed by atoms with Gasteiger partial charge in [-0.15, -0.1) is 0 Å². The molecule has 1 aliphatic heterocycles. The van der Waals surface area contributed by atoms with Crippen molar-refractivity contribution in [2.75, 3.05) is 6.61 Å². The second-order valence-electron chi connectivity index (χ2n) is 10.0. The first kappa shape index (κ1) is 24.5. The summed E-state index contributed by atoms with van der Waals surface area (Å²) in [6.45, 7) is 5.07. The van der Waals surface area contributed by atoms with Crippen molar-refractivity contribution in [3.05, 3.63) is 47.1 Å². The Balaban J connectivity index is 1.27. The average Bonchev–Trinajstić information content (AvgIpc) is 3.60. The Kier molecular flexibility index (Phi) is 9.09. The number of pyridine rings is 1. The highest BCUT2D eigenvalue weighted by Gasteiger charge is 2.38. The number of benzene rings is 1. The number of hydrogen-bond acceptors (Lipinski definition) is 3. The van der Waals surface area contributed by atoms with E-state index >= 15 is 0 Å². The van der Waals surface area contributed by atoms with Crippen LogP contribution in [0.3, 0.4) is 0 Å². The number of unbranched alkanes of at least 4 members (excludes halogenated alkanes) is 3. The molecule has 0 radical (unpaired) electrons. The molecule has 4 heteroatoms. The maximum Gasteiger partial charge on any atom is 0.139 e. The lowest BCUT2D eigenvalue weighted by atomic mass is 9.77. The fourth-order valence-corrected chi connectivity index (χ4v) is 5.52. The summed E-state index contributed by atoms with van der Waals surface area (Å²) in [7, 11) is 0. The fraction of sp³-hybridized carbons (Fsp3) is 0.621. The summed E-state index contributed by atoms with van der Waals surface area (Å²) in [5.74, 6) is 2.36. The van der Waals surface area contributed by atoms with Gasteiger partial charge in [-0.1, -0.05) is 88.2 Å². The number of aromatic nitrogens is 1. The van der Waals surface area contributed by atoms with Gasteiger partial charge >= 0.3 is 0 Å². The van der Waals surface area contributed by atoms with E-state index in [1.807, 2.05) is 6.07 Å². The molecule has 0 unspecified atom stereocenters. The van der Waals surface area contributed by atoms with Crippen LogP contribution in [0, 0.1) is 5.92 Å². The van der Waals surface area contributed by atoms with Gasteiger partial charge in [0, 0.05) is 11.6 Å². The molecule has 0 bridgehead atoms. The Morgan fingerprint density at radius 3 is 2.39 bits per heavy atom. The van der Waals surface area contributed by atoms with Gasteiger partial charge in [-0.2, -0.15) is 0 Å². The largest absolute Gasteiger partial charge is 0.489 e. The molecule has 0 spiro atoms. The van der Waals surface area contributed by atoms with Crippen LogP contribution in [0.4, 0.5) is 0 Å². The number of epoxide rings is 1. The van der Waals surface area contributed by atoms with E-state index in [1.165, 1.54) is 69.8 Å². The van der Waals surface area contributed by atoms with Gasteiger partial charge in [0.05, 0.1) is 23.0 Å². The van der Waals surface area contributed by atoms with Crippen molar-refractivity contribution in [2.45, 2.75) is 103 Å². The molecular formula is C29H40ClNO2. The molecular weight excluding hydrogens is 430 g/mol. The normalized spacial score (nSPS) is 24.6. The molecule has 2 heterocycles. The molecule has 1 saturated heterocycles. The molecule has 2 aliphatic rings. The molecule has 4 rings (SSSR count). The van der Waals surface area contributed by atoms with E-state index in [0.717, 1.165) is 23.6 Å². The quantitative estimate of drug-likeness (QED) is 0.230. The number of rotatable bonds is 12. The summed E-state index contributed by atoms with van der Waals surface area (Å²) in [6.07, 6.45) is 16.9. The Labute approximate surface area is 205 Å². The number of halogens is 1. The van der Waals surface area contributed by atoms with Crippen LogP contribution in [0.5, 0.6) is 5.75 Å². The van der Waals surface area contributed by atoms with Crippen molar-refractivity contribution in [1.82, 2.24) is 4.98 Å². The third-order valence-electron chi connectivity index (χ3n) is 7.48. The molecule has 1 saturated carbocycles. The van der Waals surface area contributed by atoms with Gasteiger partial charge in [0.25, 0.3) is 0 Å². The Morgan fingerprint density at radius 1 is 0.939 bits per heavy atom. The van der Waals surface area contributed by atoms with Crippen LogP contribution in [0.25, 0.3) is 11.3 Å². The summed E-state index contributed by atoms with van der Waals surface area (Å²) in [5.41, 5.74) is 3.34. The highest BCUT2D eigenvalue weighted by molar-refractivity contribution is 6.33. The lowest BCUT2D eigenvalue weighted by molar-refractivity contribution is 0.259. The van der Waals surface area contributed by atoms with E-state index in [-0.39, 0.29) is 6.10 Å². The van der Waals surface area contributed by atoms with E-state index in [0.29, 0.717) is 29.4 Å². The third kappa shape index (κ3) is 6.96. The van der Waals surface area contributed by atoms with E-state index in [4.69, 9.17) is 21.1 Å².